The first-order chi connectivity index (χ1) is 8.56. The lowest BCUT2D eigenvalue weighted by atomic mass is 10.2. The highest BCUT2D eigenvalue weighted by Crippen LogP contribution is 2.22. The minimum Gasteiger partial charge on any atom is -0.391 e. The zero-order valence-corrected chi connectivity index (χ0v) is 12.1. The smallest absolute Gasteiger partial charge is 0.120 e. The molecule has 3 nitrogen and oxygen atoms in total. The largest absolute Gasteiger partial charge is 0.391 e. The van der Waals surface area contributed by atoms with Gasteiger partial charge in [-0.25, -0.2) is 0 Å². The molecule has 1 aliphatic rings. The lowest BCUT2D eigenvalue weighted by Gasteiger charge is -2.32. The Balaban J connectivity index is 2.04. The molecule has 0 amide bonds. The van der Waals surface area contributed by atoms with Crippen LogP contribution >= 0.6 is 35.4 Å². The number of halogens is 2. The van der Waals surface area contributed by atoms with Gasteiger partial charge in [-0.1, -0.05) is 35.4 Å². The molecule has 0 spiro atoms. The Morgan fingerprint density at radius 2 is 2.28 bits per heavy atom. The molecule has 2 N–H and O–H groups in total. The van der Waals surface area contributed by atoms with Gasteiger partial charge in [0.1, 0.15) is 11.1 Å². The number of benzene rings is 1. The summed E-state index contributed by atoms with van der Waals surface area (Å²) in [6.07, 6.45) is -0.174. The quantitative estimate of drug-likeness (QED) is 0.871. The number of hydrogen-bond acceptors (Lipinski definition) is 3. The van der Waals surface area contributed by atoms with Crippen LogP contribution in [0.1, 0.15) is 5.56 Å². The Kier molecular flexibility index (Phi) is 4.81. The Morgan fingerprint density at radius 3 is 3.00 bits per heavy atom. The van der Waals surface area contributed by atoms with Gasteiger partial charge in [0, 0.05) is 29.7 Å². The Labute approximate surface area is 122 Å². The molecule has 1 atom stereocenters. The third-order valence-corrected chi connectivity index (χ3v) is 3.74. The summed E-state index contributed by atoms with van der Waals surface area (Å²) in [4.78, 5) is 2.61. The van der Waals surface area contributed by atoms with Crippen LogP contribution in [0, 0.1) is 0 Å². The summed E-state index contributed by atoms with van der Waals surface area (Å²) in [5.41, 5.74) is 6.62. The van der Waals surface area contributed by atoms with E-state index in [4.69, 9.17) is 45.9 Å². The highest BCUT2D eigenvalue weighted by Gasteiger charge is 2.22. The van der Waals surface area contributed by atoms with Crippen LogP contribution < -0.4 is 5.73 Å². The Morgan fingerprint density at radius 1 is 1.50 bits per heavy atom. The van der Waals surface area contributed by atoms with Gasteiger partial charge in [0.2, 0.25) is 0 Å². The van der Waals surface area contributed by atoms with Gasteiger partial charge in [-0.3, -0.25) is 4.90 Å². The molecule has 1 unspecified atom stereocenters. The molecule has 0 aromatic heterocycles. The van der Waals surface area contributed by atoms with Crippen molar-refractivity contribution < 1.29 is 4.74 Å². The monoisotopic (exact) mass is 304 g/mol. The molecule has 98 valence electrons. The van der Waals surface area contributed by atoms with E-state index in [9.17, 15) is 0 Å². The second-order valence-corrected chi connectivity index (χ2v) is 5.55. The average Bonchev–Trinajstić information content (AvgIpc) is 2.34. The van der Waals surface area contributed by atoms with Crippen molar-refractivity contribution in [1.29, 1.82) is 0 Å². The molecule has 0 saturated carbocycles. The normalized spacial score (nSPS) is 20.9. The molecule has 1 heterocycles. The van der Waals surface area contributed by atoms with Gasteiger partial charge in [0.25, 0.3) is 0 Å². The van der Waals surface area contributed by atoms with E-state index < -0.39 is 0 Å². The standard InChI is InChI=1S/C12H14Cl2N2OS/c13-9-1-2-10(14)8(5-9)6-16-3-4-17-11(7-16)12(15)18/h1-2,5,11H,3-4,6-7H2,(H2,15,18). The number of ether oxygens (including phenoxy) is 1. The van der Waals surface area contributed by atoms with Crippen LogP contribution in [0.5, 0.6) is 0 Å². The van der Waals surface area contributed by atoms with E-state index in [-0.39, 0.29) is 6.10 Å². The van der Waals surface area contributed by atoms with Crippen molar-refractivity contribution in [3.05, 3.63) is 33.8 Å². The molecule has 1 aliphatic heterocycles. The third-order valence-electron chi connectivity index (χ3n) is 2.87. The van der Waals surface area contributed by atoms with Gasteiger partial charge in [-0.2, -0.15) is 0 Å². The molecule has 1 saturated heterocycles. The molecule has 0 aliphatic carbocycles. The lowest BCUT2D eigenvalue weighted by molar-refractivity contribution is 0.00392. The molecule has 2 rings (SSSR count). The van der Waals surface area contributed by atoms with E-state index in [1.165, 1.54) is 0 Å². The van der Waals surface area contributed by atoms with E-state index >= 15 is 0 Å². The van der Waals surface area contributed by atoms with Crippen molar-refractivity contribution >= 4 is 40.4 Å². The lowest BCUT2D eigenvalue weighted by Crippen LogP contribution is -2.47. The van der Waals surface area contributed by atoms with Crippen molar-refractivity contribution in [3.8, 4) is 0 Å². The summed E-state index contributed by atoms with van der Waals surface area (Å²) in [7, 11) is 0. The summed E-state index contributed by atoms with van der Waals surface area (Å²) in [5, 5.41) is 1.41. The van der Waals surface area contributed by atoms with E-state index in [2.05, 4.69) is 4.90 Å². The molecular formula is C12H14Cl2N2OS. The SMILES string of the molecule is NC(=S)C1CN(Cc2cc(Cl)ccc2Cl)CCO1. The predicted octanol–water partition coefficient (Wildman–Crippen LogP) is 2.48. The summed E-state index contributed by atoms with van der Waals surface area (Å²) in [5.74, 6) is 0. The number of nitrogens with zero attached hydrogens (tertiary/aromatic N) is 1. The van der Waals surface area contributed by atoms with Crippen LogP contribution in [0.15, 0.2) is 18.2 Å². The third kappa shape index (κ3) is 3.56. The second kappa shape index (κ2) is 6.17. The number of thiocarbonyl (C=S) groups is 1. The summed E-state index contributed by atoms with van der Waals surface area (Å²) < 4.78 is 5.49. The molecular weight excluding hydrogens is 291 g/mol. The van der Waals surface area contributed by atoms with Crippen molar-refractivity contribution in [2.75, 3.05) is 19.7 Å². The Hall–Kier alpha value is -0.390. The maximum absolute atomic E-state index is 6.15. The highest BCUT2D eigenvalue weighted by molar-refractivity contribution is 7.80. The highest BCUT2D eigenvalue weighted by atomic mass is 35.5. The molecule has 0 radical (unpaired) electrons. The molecule has 0 bridgehead atoms. The van der Waals surface area contributed by atoms with Crippen molar-refractivity contribution in [2.45, 2.75) is 12.6 Å². The maximum Gasteiger partial charge on any atom is 0.120 e. The number of hydrogen-bond donors (Lipinski definition) is 1. The van der Waals surface area contributed by atoms with Gasteiger partial charge in [0.15, 0.2) is 0 Å². The van der Waals surface area contributed by atoms with Crippen LogP contribution in [-0.4, -0.2) is 35.7 Å². The van der Waals surface area contributed by atoms with E-state index in [0.717, 1.165) is 23.7 Å². The molecule has 1 aromatic rings. The first kappa shape index (κ1) is 14.0. The topological polar surface area (TPSA) is 38.5 Å². The van der Waals surface area contributed by atoms with E-state index in [1.807, 2.05) is 12.1 Å². The van der Waals surface area contributed by atoms with Crippen LogP contribution in [0.2, 0.25) is 10.0 Å². The van der Waals surface area contributed by atoms with Crippen molar-refractivity contribution in [3.63, 3.8) is 0 Å². The molecule has 1 aromatic carbocycles. The van der Waals surface area contributed by atoms with Gasteiger partial charge in [-0.05, 0) is 23.8 Å². The minimum atomic E-state index is -0.174. The van der Waals surface area contributed by atoms with Crippen LogP contribution in [-0.2, 0) is 11.3 Å². The van der Waals surface area contributed by atoms with Crippen molar-refractivity contribution in [1.82, 2.24) is 4.90 Å². The average molecular weight is 305 g/mol. The first-order valence-corrected chi connectivity index (χ1v) is 6.80. The van der Waals surface area contributed by atoms with Gasteiger partial charge in [-0.15, -0.1) is 0 Å². The second-order valence-electron chi connectivity index (χ2n) is 4.23. The van der Waals surface area contributed by atoms with Gasteiger partial charge >= 0.3 is 0 Å². The number of rotatable bonds is 3. The minimum absolute atomic E-state index is 0.174. The first-order valence-electron chi connectivity index (χ1n) is 5.63. The van der Waals surface area contributed by atoms with Crippen LogP contribution in [0.4, 0.5) is 0 Å². The predicted molar refractivity (Wildman–Crippen MR) is 78.3 cm³/mol. The van der Waals surface area contributed by atoms with E-state index in [0.29, 0.717) is 23.2 Å². The molecule has 1 fully saturated rings. The summed E-state index contributed by atoms with van der Waals surface area (Å²) in [6, 6.07) is 5.48. The fourth-order valence-corrected chi connectivity index (χ4v) is 2.44. The van der Waals surface area contributed by atoms with Gasteiger partial charge in [0.05, 0.1) is 6.61 Å². The van der Waals surface area contributed by atoms with Crippen molar-refractivity contribution in [2.24, 2.45) is 5.73 Å². The Bertz CT molecular complexity index is 456. The fourth-order valence-electron chi connectivity index (χ4n) is 1.92. The summed E-state index contributed by atoms with van der Waals surface area (Å²) in [6.45, 7) is 2.88. The van der Waals surface area contributed by atoms with E-state index in [1.54, 1.807) is 6.07 Å². The number of morpholine rings is 1. The molecule has 18 heavy (non-hydrogen) atoms. The zero-order chi connectivity index (χ0) is 13.1. The number of nitrogens with two attached hydrogens (primary N) is 1. The van der Waals surface area contributed by atoms with Gasteiger partial charge < -0.3 is 10.5 Å². The molecule has 6 heteroatoms. The van der Waals surface area contributed by atoms with Crippen LogP contribution in [0.25, 0.3) is 0 Å². The zero-order valence-electron chi connectivity index (χ0n) is 9.73. The summed E-state index contributed by atoms with van der Waals surface area (Å²) >= 11 is 17.1. The maximum atomic E-state index is 6.15. The fraction of sp³-hybridized carbons (Fsp3) is 0.417. The van der Waals surface area contributed by atoms with Crippen LogP contribution in [0.3, 0.4) is 0 Å².